The lowest BCUT2D eigenvalue weighted by Gasteiger charge is -2.07. The fourth-order valence-electron chi connectivity index (χ4n) is 2.77. The highest BCUT2D eigenvalue weighted by Crippen LogP contribution is 2.24. The molecule has 0 aliphatic carbocycles. The number of benzene rings is 2. The maximum Gasteiger partial charge on any atom is 0.244 e. The molecule has 0 saturated carbocycles. The molecule has 0 saturated heterocycles. The molecule has 0 radical (unpaired) electrons. The number of nitrogens with one attached hydrogen (secondary N) is 1. The molecule has 128 valence electrons. The molecule has 1 heterocycles. The number of carbonyl (C=O) groups is 2. The van der Waals surface area contributed by atoms with Crippen LogP contribution in [0, 0.1) is 11.7 Å². The first-order valence-corrected chi connectivity index (χ1v) is 8.13. The number of fused-ring (bicyclic) bond motifs is 1. The van der Waals surface area contributed by atoms with E-state index >= 15 is 0 Å². The van der Waals surface area contributed by atoms with Crippen LogP contribution < -0.4 is 5.32 Å². The number of para-hydroxylation sites is 1. The molecule has 0 aliphatic heterocycles. The Balaban J connectivity index is 1.87. The summed E-state index contributed by atoms with van der Waals surface area (Å²) < 4.78 is 14.7. The number of anilines is 1. The zero-order chi connectivity index (χ0) is 18.0. The predicted octanol–water partition coefficient (Wildman–Crippen LogP) is 4.26. The van der Waals surface area contributed by atoms with E-state index in [1.54, 1.807) is 10.8 Å². The van der Waals surface area contributed by atoms with E-state index in [0.29, 0.717) is 11.3 Å². The van der Waals surface area contributed by atoms with E-state index in [0.717, 1.165) is 10.9 Å². The Kier molecular flexibility index (Phi) is 4.65. The molecule has 0 spiro atoms. The van der Waals surface area contributed by atoms with Crippen molar-refractivity contribution in [2.45, 2.75) is 20.4 Å². The number of nitrogens with zero attached hydrogens (tertiary/aromatic N) is 1. The van der Waals surface area contributed by atoms with Gasteiger partial charge < -0.3 is 9.88 Å². The normalized spacial score (nSPS) is 11.0. The van der Waals surface area contributed by atoms with Gasteiger partial charge in [-0.05, 0) is 30.3 Å². The lowest BCUT2D eigenvalue weighted by Crippen LogP contribution is -2.18. The molecular weight excluding hydrogens is 319 g/mol. The second-order valence-electron chi connectivity index (χ2n) is 6.26. The largest absolute Gasteiger partial charge is 0.337 e. The molecule has 25 heavy (non-hydrogen) atoms. The number of ketones is 1. The van der Waals surface area contributed by atoms with Crippen molar-refractivity contribution < 1.29 is 14.0 Å². The molecule has 0 unspecified atom stereocenters. The SMILES string of the molecule is CC(C)C(=O)c1cn(CC(=O)Nc2ccc(F)cc2)c2ccccc12. The fraction of sp³-hybridized carbons (Fsp3) is 0.200. The van der Waals surface area contributed by atoms with Crippen LogP contribution in [-0.4, -0.2) is 16.3 Å². The summed E-state index contributed by atoms with van der Waals surface area (Å²) in [6.07, 6.45) is 1.73. The molecular formula is C20H19FN2O2. The zero-order valence-electron chi connectivity index (χ0n) is 14.1. The summed E-state index contributed by atoms with van der Waals surface area (Å²) in [4.78, 5) is 24.7. The molecule has 3 aromatic rings. The van der Waals surface area contributed by atoms with Gasteiger partial charge in [0.2, 0.25) is 5.91 Å². The fourth-order valence-corrected chi connectivity index (χ4v) is 2.77. The smallest absolute Gasteiger partial charge is 0.244 e. The highest BCUT2D eigenvalue weighted by Gasteiger charge is 2.18. The lowest BCUT2D eigenvalue weighted by atomic mass is 10.0. The van der Waals surface area contributed by atoms with Crippen LogP contribution in [0.4, 0.5) is 10.1 Å². The molecule has 0 aliphatic rings. The number of amides is 1. The molecule has 4 nitrogen and oxygen atoms in total. The molecule has 0 bridgehead atoms. The monoisotopic (exact) mass is 338 g/mol. The molecule has 5 heteroatoms. The Morgan fingerprint density at radius 2 is 1.76 bits per heavy atom. The highest BCUT2D eigenvalue weighted by atomic mass is 19.1. The van der Waals surface area contributed by atoms with Crippen molar-refractivity contribution in [1.29, 1.82) is 0 Å². The molecule has 2 aromatic carbocycles. The van der Waals surface area contributed by atoms with Gasteiger partial charge in [-0.15, -0.1) is 0 Å². The Labute approximate surface area is 145 Å². The Morgan fingerprint density at radius 1 is 1.08 bits per heavy atom. The van der Waals surface area contributed by atoms with Gasteiger partial charge in [-0.1, -0.05) is 32.0 Å². The van der Waals surface area contributed by atoms with Crippen molar-refractivity contribution in [3.63, 3.8) is 0 Å². The van der Waals surface area contributed by atoms with Crippen LogP contribution >= 0.6 is 0 Å². The van der Waals surface area contributed by atoms with E-state index in [2.05, 4.69) is 5.32 Å². The number of hydrogen-bond donors (Lipinski definition) is 1. The highest BCUT2D eigenvalue weighted by molar-refractivity contribution is 6.09. The van der Waals surface area contributed by atoms with Gasteiger partial charge in [0.05, 0.1) is 0 Å². The molecule has 1 aromatic heterocycles. The number of Topliss-reactive ketones (excluding diaryl/α,β-unsaturated/α-hetero) is 1. The van der Waals surface area contributed by atoms with Crippen LogP contribution in [0.25, 0.3) is 10.9 Å². The molecule has 1 N–H and O–H groups in total. The van der Waals surface area contributed by atoms with Crippen LogP contribution in [0.2, 0.25) is 0 Å². The first-order valence-electron chi connectivity index (χ1n) is 8.13. The summed E-state index contributed by atoms with van der Waals surface area (Å²) in [6.45, 7) is 3.79. The van der Waals surface area contributed by atoms with Gasteiger partial charge in [-0.3, -0.25) is 9.59 Å². The Hall–Kier alpha value is -2.95. The minimum atomic E-state index is -0.355. The third-order valence-corrected chi connectivity index (χ3v) is 4.02. The van der Waals surface area contributed by atoms with E-state index in [1.165, 1.54) is 24.3 Å². The summed E-state index contributed by atoms with van der Waals surface area (Å²) >= 11 is 0. The molecule has 0 fully saturated rings. The number of aromatic nitrogens is 1. The number of hydrogen-bond acceptors (Lipinski definition) is 2. The van der Waals surface area contributed by atoms with Gasteiger partial charge in [0.1, 0.15) is 12.4 Å². The van der Waals surface area contributed by atoms with Gasteiger partial charge in [-0.25, -0.2) is 4.39 Å². The minimum absolute atomic E-state index is 0.0499. The van der Waals surface area contributed by atoms with Crippen molar-refractivity contribution >= 4 is 28.3 Å². The van der Waals surface area contributed by atoms with E-state index in [4.69, 9.17) is 0 Å². The minimum Gasteiger partial charge on any atom is -0.337 e. The van der Waals surface area contributed by atoms with Crippen molar-refractivity contribution in [2.75, 3.05) is 5.32 Å². The summed E-state index contributed by atoms with van der Waals surface area (Å²) in [6, 6.07) is 13.1. The zero-order valence-corrected chi connectivity index (χ0v) is 14.1. The summed E-state index contributed by atoms with van der Waals surface area (Å²) in [5, 5.41) is 3.58. The second kappa shape index (κ2) is 6.89. The van der Waals surface area contributed by atoms with Crippen molar-refractivity contribution in [1.82, 2.24) is 4.57 Å². The maximum atomic E-state index is 12.9. The van der Waals surface area contributed by atoms with Crippen molar-refractivity contribution in [3.8, 4) is 0 Å². The van der Waals surface area contributed by atoms with Gasteiger partial charge in [0.15, 0.2) is 5.78 Å². The van der Waals surface area contributed by atoms with Crippen LogP contribution in [0.15, 0.2) is 54.7 Å². The maximum absolute atomic E-state index is 12.9. The predicted molar refractivity (Wildman–Crippen MR) is 96.1 cm³/mol. The van der Waals surface area contributed by atoms with Gasteiger partial charge in [0, 0.05) is 34.3 Å². The number of carbonyl (C=O) groups excluding carboxylic acids is 2. The average Bonchev–Trinajstić information content (AvgIpc) is 2.95. The van der Waals surface area contributed by atoms with Gasteiger partial charge >= 0.3 is 0 Å². The average molecular weight is 338 g/mol. The quantitative estimate of drug-likeness (QED) is 0.707. The van der Waals surface area contributed by atoms with Crippen LogP contribution in [0.5, 0.6) is 0 Å². The standard InChI is InChI=1S/C20H19FN2O2/c1-13(2)20(25)17-11-23(18-6-4-3-5-16(17)18)12-19(24)22-15-9-7-14(21)8-10-15/h3-11,13H,12H2,1-2H3,(H,22,24). The Bertz CT molecular complexity index is 927. The second-order valence-corrected chi connectivity index (χ2v) is 6.26. The lowest BCUT2D eigenvalue weighted by molar-refractivity contribution is -0.116. The first kappa shape index (κ1) is 16.9. The number of rotatable bonds is 5. The topological polar surface area (TPSA) is 51.1 Å². The third-order valence-electron chi connectivity index (χ3n) is 4.02. The van der Waals surface area contributed by atoms with E-state index in [1.807, 2.05) is 38.1 Å². The molecule has 1 amide bonds. The van der Waals surface area contributed by atoms with Crippen LogP contribution in [-0.2, 0) is 11.3 Å². The third kappa shape index (κ3) is 3.60. The Morgan fingerprint density at radius 3 is 2.44 bits per heavy atom. The van der Waals surface area contributed by atoms with E-state index in [-0.39, 0.29) is 30.0 Å². The summed E-state index contributed by atoms with van der Waals surface area (Å²) in [5.74, 6) is -0.664. The molecule has 0 atom stereocenters. The van der Waals surface area contributed by atoms with E-state index < -0.39 is 0 Å². The summed E-state index contributed by atoms with van der Waals surface area (Å²) in [7, 11) is 0. The number of halogens is 1. The van der Waals surface area contributed by atoms with Crippen LogP contribution in [0.1, 0.15) is 24.2 Å². The van der Waals surface area contributed by atoms with Gasteiger partial charge in [0.25, 0.3) is 0 Å². The van der Waals surface area contributed by atoms with Crippen molar-refractivity contribution in [2.24, 2.45) is 5.92 Å². The van der Waals surface area contributed by atoms with Crippen molar-refractivity contribution in [3.05, 3.63) is 66.1 Å². The summed E-state index contributed by atoms with van der Waals surface area (Å²) in [5.41, 5.74) is 1.99. The van der Waals surface area contributed by atoms with Crippen LogP contribution in [0.3, 0.4) is 0 Å². The molecule has 3 rings (SSSR count). The first-order chi connectivity index (χ1) is 12.0. The van der Waals surface area contributed by atoms with E-state index in [9.17, 15) is 14.0 Å². The van der Waals surface area contributed by atoms with Gasteiger partial charge in [-0.2, -0.15) is 0 Å².